The number of rotatable bonds is 3. The minimum absolute atomic E-state index is 0.524. The molecule has 0 bridgehead atoms. The van der Waals surface area contributed by atoms with Crippen molar-refractivity contribution in [2.24, 2.45) is 0 Å². The molecule has 1 unspecified atom stereocenters. The number of anilines is 2. The third-order valence-corrected chi connectivity index (χ3v) is 2.98. The van der Waals surface area contributed by atoms with E-state index in [2.05, 4.69) is 23.7 Å². The van der Waals surface area contributed by atoms with Gasteiger partial charge in [-0.15, -0.1) is 0 Å². The van der Waals surface area contributed by atoms with Crippen molar-refractivity contribution in [3.8, 4) is 0 Å². The first-order valence-electron chi connectivity index (χ1n) is 4.09. The first kappa shape index (κ1) is 9.32. The normalized spacial score (nSPS) is 12.9. The van der Waals surface area contributed by atoms with Crippen LogP contribution in [0, 0.1) is 0 Å². The Bertz CT molecular complexity index is 246. The molecule has 1 rings (SSSR count). The summed E-state index contributed by atoms with van der Waals surface area (Å²) in [7, 11) is 2.05. The molecule has 0 radical (unpaired) electrons. The maximum Gasteiger partial charge on any atom is 0.187 e. The Hall–Kier alpha value is -0.770. The second kappa shape index (κ2) is 3.76. The molecular weight excluding hydrogens is 170 g/mol. The van der Waals surface area contributed by atoms with Crippen molar-refractivity contribution in [1.82, 2.24) is 4.98 Å². The quantitative estimate of drug-likeness (QED) is 0.782. The Morgan fingerprint density at radius 1 is 1.75 bits per heavy atom. The van der Waals surface area contributed by atoms with Gasteiger partial charge in [0.25, 0.3) is 0 Å². The zero-order valence-electron chi connectivity index (χ0n) is 7.74. The van der Waals surface area contributed by atoms with Gasteiger partial charge in [0.2, 0.25) is 0 Å². The van der Waals surface area contributed by atoms with E-state index in [1.54, 1.807) is 6.20 Å². The van der Waals surface area contributed by atoms with Gasteiger partial charge in [-0.05, 0) is 13.3 Å². The molecule has 12 heavy (non-hydrogen) atoms. The van der Waals surface area contributed by atoms with E-state index in [1.165, 1.54) is 11.3 Å². The molecule has 1 aromatic heterocycles. The first-order valence-corrected chi connectivity index (χ1v) is 4.91. The van der Waals surface area contributed by atoms with Gasteiger partial charge in [-0.3, -0.25) is 0 Å². The van der Waals surface area contributed by atoms with Crippen LogP contribution >= 0.6 is 11.3 Å². The number of nitrogens with zero attached hydrogens (tertiary/aromatic N) is 2. The Labute approximate surface area is 77.2 Å². The molecule has 0 aliphatic rings. The van der Waals surface area contributed by atoms with E-state index in [-0.39, 0.29) is 0 Å². The third kappa shape index (κ3) is 1.88. The molecule has 0 fully saturated rings. The number of nitrogens with two attached hydrogens (primary N) is 1. The minimum atomic E-state index is 0.524. The van der Waals surface area contributed by atoms with Gasteiger partial charge < -0.3 is 10.6 Å². The van der Waals surface area contributed by atoms with Gasteiger partial charge in [0.15, 0.2) is 5.13 Å². The number of aromatic nitrogens is 1. The average molecular weight is 185 g/mol. The maximum absolute atomic E-state index is 5.59. The Kier molecular flexibility index (Phi) is 2.92. The van der Waals surface area contributed by atoms with Gasteiger partial charge in [-0.25, -0.2) is 4.98 Å². The summed E-state index contributed by atoms with van der Waals surface area (Å²) in [5.41, 5.74) is 5.59. The zero-order valence-corrected chi connectivity index (χ0v) is 8.56. The lowest BCUT2D eigenvalue weighted by molar-refractivity contribution is 0.662. The van der Waals surface area contributed by atoms with Crippen LogP contribution in [0.1, 0.15) is 20.3 Å². The molecule has 0 amide bonds. The molecule has 0 saturated carbocycles. The number of thiazole rings is 1. The Balaban J connectivity index is 2.70. The fourth-order valence-electron chi connectivity index (χ4n) is 0.902. The summed E-state index contributed by atoms with van der Waals surface area (Å²) in [5, 5.41) is 1.78. The highest BCUT2D eigenvalue weighted by Gasteiger charge is 2.10. The van der Waals surface area contributed by atoms with Crippen LogP contribution in [0.25, 0.3) is 0 Å². The molecule has 0 aliphatic carbocycles. The molecule has 3 nitrogen and oxygen atoms in total. The third-order valence-electron chi connectivity index (χ3n) is 2.07. The van der Waals surface area contributed by atoms with Crippen LogP contribution in [0.4, 0.5) is 10.1 Å². The molecular formula is C8H15N3S. The lowest BCUT2D eigenvalue weighted by Gasteiger charge is -2.22. The van der Waals surface area contributed by atoms with E-state index in [0.29, 0.717) is 6.04 Å². The van der Waals surface area contributed by atoms with E-state index in [0.717, 1.165) is 16.6 Å². The summed E-state index contributed by atoms with van der Waals surface area (Å²) in [5.74, 6) is 0. The largest absolute Gasteiger partial charge is 0.389 e. The number of nitrogen functional groups attached to an aromatic ring is 1. The molecule has 1 aromatic rings. The molecule has 68 valence electrons. The highest BCUT2D eigenvalue weighted by Crippen LogP contribution is 2.24. The Morgan fingerprint density at radius 3 is 2.83 bits per heavy atom. The predicted octanol–water partition coefficient (Wildman–Crippen LogP) is 1.96. The molecule has 1 heterocycles. The molecule has 1 atom stereocenters. The lowest BCUT2D eigenvalue weighted by atomic mass is 10.2. The summed E-state index contributed by atoms with van der Waals surface area (Å²) >= 11 is 1.53. The van der Waals surface area contributed by atoms with E-state index in [4.69, 9.17) is 5.73 Å². The smallest absolute Gasteiger partial charge is 0.187 e. The zero-order chi connectivity index (χ0) is 9.14. The van der Waals surface area contributed by atoms with Crippen molar-refractivity contribution >= 4 is 21.5 Å². The van der Waals surface area contributed by atoms with Crippen LogP contribution in [-0.4, -0.2) is 18.1 Å². The van der Waals surface area contributed by atoms with E-state index in [1.807, 2.05) is 7.05 Å². The highest BCUT2D eigenvalue weighted by molar-refractivity contribution is 7.19. The summed E-state index contributed by atoms with van der Waals surface area (Å²) < 4.78 is 0. The van der Waals surface area contributed by atoms with E-state index < -0.39 is 0 Å². The summed E-state index contributed by atoms with van der Waals surface area (Å²) in [6, 6.07) is 0.524. The van der Waals surface area contributed by atoms with Crippen LogP contribution in [-0.2, 0) is 0 Å². The monoisotopic (exact) mass is 185 g/mol. The van der Waals surface area contributed by atoms with Crippen molar-refractivity contribution in [3.63, 3.8) is 0 Å². The van der Waals surface area contributed by atoms with Crippen molar-refractivity contribution in [1.29, 1.82) is 0 Å². The van der Waals surface area contributed by atoms with Gasteiger partial charge >= 0.3 is 0 Å². The van der Waals surface area contributed by atoms with Crippen LogP contribution in [0.3, 0.4) is 0 Å². The predicted molar refractivity (Wildman–Crippen MR) is 54.7 cm³/mol. The lowest BCUT2D eigenvalue weighted by Crippen LogP contribution is -2.27. The summed E-state index contributed by atoms with van der Waals surface area (Å²) in [6.45, 7) is 4.34. The van der Waals surface area contributed by atoms with Gasteiger partial charge in [-0.2, -0.15) is 0 Å². The van der Waals surface area contributed by atoms with Gasteiger partial charge in [-0.1, -0.05) is 18.3 Å². The van der Waals surface area contributed by atoms with Gasteiger partial charge in [0.05, 0.1) is 6.20 Å². The Morgan fingerprint density at radius 2 is 2.42 bits per heavy atom. The van der Waals surface area contributed by atoms with Crippen LogP contribution < -0.4 is 10.6 Å². The van der Waals surface area contributed by atoms with Crippen LogP contribution in [0.2, 0.25) is 0 Å². The van der Waals surface area contributed by atoms with Crippen molar-refractivity contribution < 1.29 is 0 Å². The van der Waals surface area contributed by atoms with Crippen molar-refractivity contribution in [2.75, 3.05) is 17.7 Å². The van der Waals surface area contributed by atoms with Gasteiger partial charge in [0, 0.05) is 13.1 Å². The van der Waals surface area contributed by atoms with Gasteiger partial charge in [0.1, 0.15) is 5.00 Å². The molecule has 0 aliphatic heterocycles. The molecule has 2 N–H and O–H groups in total. The summed E-state index contributed by atoms with van der Waals surface area (Å²) in [4.78, 5) is 6.36. The fourth-order valence-corrected chi connectivity index (χ4v) is 1.65. The van der Waals surface area contributed by atoms with Crippen molar-refractivity contribution in [2.45, 2.75) is 26.3 Å². The topological polar surface area (TPSA) is 42.2 Å². The maximum atomic E-state index is 5.59. The molecule has 0 aromatic carbocycles. The molecule has 4 heteroatoms. The summed E-state index contributed by atoms with van der Waals surface area (Å²) in [6.07, 6.45) is 2.83. The standard InChI is InChI=1S/C8H15N3S/c1-4-6(2)11(3)8-10-5-7(9)12-8/h5-6H,4,9H2,1-3H3. The fraction of sp³-hybridized carbons (Fsp3) is 0.625. The average Bonchev–Trinajstić information content (AvgIpc) is 2.49. The van der Waals surface area contributed by atoms with Crippen molar-refractivity contribution in [3.05, 3.63) is 6.20 Å². The first-order chi connectivity index (χ1) is 5.65. The van der Waals surface area contributed by atoms with Crippen LogP contribution in [0.15, 0.2) is 6.20 Å². The van der Waals surface area contributed by atoms with E-state index in [9.17, 15) is 0 Å². The van der Waals surface area contributed by atoms with E-state index >= 15 is 0 Å². The number of hydrogen-bond donors (Lipinski definition) is 1. The number of hydrogen-bond acceptors (Lipinski definition) is 4. The second-order valence-electron chi connectivity index (χ2n) is 2.91. The highest BCUT2D eigenvalue weighted by atomic mass is 32.1. The SMILES string of the molecule is CCC(C)N(C)c1ncc(N)s1. The minimum Gasteiger partial charge on any atom is -0.389 e. The molecule has 0 spiro atoms. The second-order valence-corrected chi connectivity index (χ2v) is 3.95. The van der Waals surface area contributed by atoms with Crippen LogP contribution in [0.5, 0.6) is 0 Å². The molecule has 0 saturated heterocycles.